The van der Waals surface area contributed by atoms with Gasteiger partial charge in [0.2, 0.25) is 0 Å². The van der Waals surface area contributed by atoms with Crippen LogP contribution in [0.2, 0.25) is 0 Å². The molecule has 76 valence electrons. The average molecular weight is 203 g/mol. The third-order valence-electron chi connectivity index (χ3n) is 2.27. The maximum Gasteiger partial charge on any atom is 0.251 e. The number of thioether (sulfide) groups is 1. The highest BCUT2D eigenvalue weighted by Gasteiger charge is 2.34. The normalized spacial score (nSPS) is 24.2. The fourth-order valence-electron chi connectivity index (χ4n) is 1.49. The molecule has 0 spiro atoms. The summed E-state index contributed by atoms with van der Waals surface area (Å²) in [5, 5.41) is 9.21. The van der Waals surface area contributed by atoms with Crippen molar-refractivity contribution in [3.63, 3.8) is 0 Å². The Bertz CT molecular complexity index is 204. The van der Waals surface area contributed by atoms with Crippen molar-refractivity contribution in [3.8, 4) is 0 Å². The SMILES string of the molecule is C[C@H](O)C(=O)N1CCSCC1(C)C. The molecule has 1 amide bonds. The average Bonchev–Trinajstić information content (AvgIpc) is 2.02. The summed E-state index contributed by atoms with van der Waals surface area (Å²) in [5.74, 6) is 1.78. The van der Waals surface area contributed by atoms with Gasteiger partial charge in [0.05, 0.1) is 0 Å². The summed E-state index contributed by atoms with van der Waals surface area (Å²) >= 11 is 1.86. The summed E-state index contributed by atoms with van der Waals surface area (Å²) < 4.78 is 0. The number of aliphatic hydroxyl groups is 1. The van der Waals surface area contributed by atoms with Crippen molar-refractivity contribution in [1.82, 2.24) is 4.90 Å². The van der Waals surface area contributed by atoms with Crippen LogP contribution in [-0.4, -0.2) is 45.6 Å². The molecule has 0 unspecified atom stereocenters. The Balaban J connectivity index is 2.71. The van der Waals surface area contributed by atoms with Crippen molar-refractivity contribution < 1.29 is 9.90 Å². The van der Waals surface area contributed by atoms with Gasteiger partial charge < -0.3 is 10.0 Å². The van der Waals surface area contributed by atoms with Crippen LogP contribution in [0.1, 0.15) is 20.8 Å². The standard InChI is InChI=1S/C9H17NO2S/c1-7(11)8(12)10-4-5-13-6-9(10,2)3/h7,11H,4-6H2,1-3H3/t7-/m0/s1. The number of rotatable bonds is 1. The highest BCUT2D eigenvalue weighted by molar-refractivity contribution is 7.99. The first-order valence-electron chi connectivity index (χ1n) is 4.52. The van der Waals surface area contributed by atoms with Gasteiger partial charge in [0.25, 0.3) is 5.91 Å². The monoisotopic (exact) mass is 203 g/mol. The van der Waals surface area contributed by atoms with E-state index >= 15 is 0 Å². The lowest BCUT2D eigenvalue weighted by Gasteiger charge is -2.42. The van der Waals surface area contributed by atoms with E-state index in [1.807, 2.05) is 25.6 Å². The first-order valence-corrected chi connectivity index (χ1v) is 5.68. The number of hydrogen-bond acceptors (Lipinski definition) is 3. The zero-order chi connectivity index (χ0) is 10.1. The minimum atomic E-state index is -0.873. The summed E-state index contributed by atoms with van der Waals surface area (Å²) in [6.45, 7) is 6.36. The first kappa shape index (κ1) is 10.9. The predicted molar refractivity (Wildman–Crippen MR) is 54.8 cm³/mol. The summed E-state index contributed by atoms with van der Waals surface area (Å²) in [6.07, 6.45) is -0.873. The molecule has 0 aliphatic carbocycles. The fraction of sp³-hybridized carbons (Fsp3) is 0.889. The van der Waals surface area contributed by atoms with E-state index in [9.17, 15) is 9.90 Å². The van der Waals surface area contributed by atoms with E-state index in [1.54, 1.807) is 4.90 Å². The highest BCUT2D eigenvalue weighted by Crippen LogP contribution is 2.26. The quantitative estimate of drug-likeness (QED) is 0.682. The van der Waals surface area contributed by atoms with Gasteiger partial charge in [-0.25, -0.2) is 0 Å². The van der Waals surface area contributed by atoms with Crippen LogP contribution in [0.3, 0.4) is 0 Å². The smallest absolute Gasteiger partial charge is 0.251 e. The number of amides is 1. The number of carbonyl (C=O) groups is 1. The number of nitrogens with zero attached hydrogens (tertiary/aromatic N) is 1. The van der Waals surface area contributed by atoms with Gasteiger partial charge in [-0.3, -0.25) is 4.79 Å². The van der Waals surface area contributed by atoms with Crippen molar-refractivity contribution >= 4 is 17.7 Å². The maximum atomic E-state index is 11.6. The minimum Gasteiger partial charge on any atom is -0.384 e. The molecule has 1 aliphatic heterocycles. The Morgan fingerprint density at radius 3 is 2.69 bits per heavy atom. The number of aliphatic hydroxyl groups excluding tert-OH is 1. The van der Waals surface area contributed by atoms with Crippen molar-refractivity contribution in [1.29, 1.82) is 0 Å². The molecule has 1 rings (SSSR count). The van der Waals surface area contributed by atoms with Gasteiger partial charge in [0, 0.05) is 23.6 Å². The Labute approximate surface area is 83.5 Å². The van der Waals surface area contributed by atoms with Crippen molar-refractivity contribution in [2.75, 3.05) is 18.1 Å². The molecular formula is C9H17NO2S. The van der Waals surface area contributed by atoms with E-state index in [0.717, 1.165) is 18.1 Å². The largest absolute Gasteiger partial charge is 0.384 e. The van der Waals surface area contributed by atoms with Crippen molar-refractivity contribution in [2.24, 2.45) is 0 Å². The predicted octanol–water partition coefficient (Wildman–Crippen LogP) is 0.721. The molecule has 4 heteroatoms. The van der Waals surface area contributed by atoms with Gasteiger partial charge in [-0.1, -0.05) is 0 Å². The van der Waals surface area contributed by atoms with E-state index in [1.165, 1.54) is 6.92 Å². The van der Waals surface area contributed by atoms with Gasteiger partial charge in [-0.05, 0) is 20.8 Å². The third kappa shape index (κ3) is 2.38. The van der Waals surface area contributed by atoms with Gasteiger partial charge in [0.15, 0.2) is 0 Å². The van der Waals surface area contributed by atoms with E-state index in [0.29, 0.717) is 0 Å². The zero-order valence-corrected chi connectivity index (χ0v) is 9.23. The number of hydrogen-bond donors (Lipinski definition) is 1. The lowest BCUT2D eigenvalue weighted by Crippen LogP contribution is -2.55. The number of carbonyl (C=O) groups excluding carboxylic acids is 1. The van der Waals surface area contributed by atoms with Gasteiger partial charge in [-0.2, -0.15) is 11.8 Å². The Morgan fingerprint density at radius 1 is 1.62 bits per heavy atom. The van der Waals surface area contributed by atoms with Crippen LogP contribution in [0.25, 0.3) is 0 Å². The molecule has 3 nitrogen and oxygen atoms in total. The maximum absolute atomic E-state index is 11.6. The van der Waals surface area contributed by atoms with Crippen LogP contribution >= 0.6 is 11.8 Å². The zero-order valence-electron chi connectivity index (χ0n) is 8.41. The molecule has 0 aromatic rings. The lowest BCUT2D eigenvalue weighted by atomic mass is 10.0. The second-order valence-corrected chi connectivity index (χ2v) is 5.14. The summed E-state index contributed by atoms with van der Waals surface area (Å²) in [4.78, 5) is 13.4. The van der Waals surface area contributed by atoms with E-state index in [4.69, 9.17) is 0 Å². The summed E-state index contributed by atoms with van der Waals surface area (Å²) in [6, 6.07) is 0. The lowest BCUT2D eigenvalue weighted by molar-refractivity contribution is -0.143. The molecule has 13 heavy (non-hydrogen) atoms. The molecule has 0 aromatic carbocycles. The third-order valence-corrected chi connectivity index (χ3v) is 3.65. The molecule has 1 N–H and O–H groups in total. The molecule has 0 saturated carbocycles. The second kappa shape index (κ2) is 3.88. The molecular weight excluding hydrogens is 186 g/mol. The summed E-state index contributed by atoms with van der Waals surface area (Å²) in [7, 11) is 0. The van der Waals surface area contributed by atoms with Crippen LogP contribution in [0.15, 0.2) is 0 Å². The molecule has 0 radical (unpaired) electrons. The topological polar surface area (TPSA) is 40.5 Å². The van der Waals surface area contributed by atoms with Crippen molar-refractivity contribution in [3.05, 3.63) is 0 Å². The van der Waals surface area contributed by atoms with Gasteiger partial charge >= 0.3 is 0 Å². The van der Waals surface area contributed by atoms with Gasteiger partial charge in [0.1, 0.15) is 6.10 Å². The Hall–Kier alpha value is -0.220. The first-order chi connectivity index (χ1) is 5.95. The molecule has 1 atom stereocenters. The van der Waals surface area contributed by atoms with Gasteiger partial charge in [-0.15, -0.1) is 0 Å². The highest BCUT2D eigenvalue weighted by atomic mass is 32.2. The van der Waals surface area contributed by atoms with E-state index < -0.39 is 6.10 Å². The molecule has 0 bridgehead atoms. The fourth-order valence-corrected chi connectivity index (χ4v) is 2.60. The van der Waals surface area contributed by atoms with Crippen LogP contribution < -0.4 is 0 Å². The second-order valence-electron chi connectivity index (χ2n) is 4.03. The van der Waals surface area contributed by atoms with Crippen LogP contribution in [0, 0.1) is 0 Å². The molecule has 1 saturated heterocycles. The van der Waals surface area contributed by atoms with Crippen LogP contribution in [0.5, 0.6) is 0 Å². The molecule has 0 aromatic heterocycles. The van der Waals surface area contributed by atoms with Crippen molar-refractivity contribution in [2.45, 2.75) is 32.4 Å². The molecule has 1 fully saturated rings. The van der Waals surface area contributed by atoms with E-state index in [-0.39, 0.29) is 11.4 Å². The molecule has 1 aliphatic rings. The minimum absolute atomic E-state index is 0.114. The summed E-state index contributed by atoms with van der Waals surface area (Å²) in [5.41, 5.74) is -0.114. The Kier molecular flexibility index (Phi) is 3.24. The van der Waals surface area contributed by atoms with Crippen LogP contribution in [0.4, 0.5) is 0 Å². The van der Waals surface area contributed by atoms with E-state index in [2.05, 4.69) is 0 Å². The Morgan fingerprint density at radius 2 is 2.23 bits per heavy atom. The van der Waals surface area contributed by atoms with Crippen LogP contribution in [-0.2, 0) is 4.79 Å². The molecule has 1 heterocycles.